The molecule has 5 rings (SSSR count). The summed E-state index contributed by atoms with van der Waals surface area (Å²) in [6, 6.07) is 18.6. The number of pyridine rings is 2. The lowest BCUT2D eigenvalue weighted by atomic mass is 9.99. The van der Waals surface area contributed by atoms with Crippen molar-refractivity contribution in [3.05, 3.63) is 83.2 Å². The highest BCUT2D eigenvalue weighted by molar-refractivity contribution is 6.01. The van der Waals surface area contributed by atoms with Gasteiger partial charge in [-0.05, 0) is 52.7 Å². The van der Waals surface area contributed by atoms with Gasteiger partial charge in [-0.1, -0.05) is 0 Å². The number of nitro benzene ring substituents is 1. The Hall–Kier alpha value is -4.10. The zero-order valence-corrected chi connectivity index (χ0v) is 19.5. The molecule has 3 aromatic carbocycles. The second kappa shape index (κ2) is 9.03. The van der Waals surface area contributed by atoms with E-state index < -0.39 is 4.92 Å². The summed E-state index contributed by atoms with van der Waals surface area (Å²) in [5.41, 5.74) is 2.77. The topological polar surface area (TPSA) is 74.9 Å². The van der Waals surface area contributed by atoms with Gasteiger partial charge in [0.15, 0.2) is 23.9 Å². The van der Waals surface area contributed by atoms with Gasteiger partial charge in [0.05, 0.1) is 37.0 Å². The van der Waals surface area contributed by atoms with Crippen molar-refractivity contribution in [1.29, 1.82) is 0 Å². The van der Waals surface area contributed by atoms with Crippen LogP contribution in [0, 0.1) is 10.1 Å². The van der Waals surface area contributed by atoms with Gasteiger partial charge in [0.2, 0.25) is 5.52 Å². The number of fused-ring (bicyclic) bond motifs is 4. The van der Waals surface area contributed by atoms with E-state index in [-0.39, 0.29) is 18.1 Å². The highest BCUT2D eigenvalue weighted by Gasteiger charge is 2.17. The van der Waals surface area contributed by atoms with Gasteiger partial charge in [0.1, 0.15) is 5.75 Å². The summed E-state index contributed by atoms with van der Waals surface area (Å²) in [4.78, 5) is 10.6. The van der Waals surface area contributed by atoms with E-state index in [2.05, 4.69) is 22.7 Å². The molecule has 2 heterocycles. The maximum absolute atomic E-state index is 11.0. The third-order valence-electron chi connectivity index (χ3n) is 5.89. The Kier molecular flexibility index (Phi) is 6.13. The van der Waals surface area contributed by atoms with E-state index >= 15 is 0 Å². The van der Waals surface area contributed by atoms with Gasteiger partial charge in [-0.2, -0.15) is 4.40 Å². The smallest absolute Gasteiger partial charge is 0.269 e. The molecule has 0 aliphatic carbocycles. The Morgan fingerprint density at radius 2 is 1.38 bits per heavy atom. The molecule has 0 fully saturated rings. The Labute approximate surface area is 201 Å². The number of ether oxygens (including phenoxy) is 3. The van der Waals surface area contributed by atoms with Crippen LogP contribution in [0.2, 0.25) is 0 Å². The third-order valence-corrected chi connectivity index (χ3v) is 5.89. The highest BCUT2D eigenvalue weighted by atomic mass is 35.5. The van der Waals surface area contributed by atoms with E-state index in [1.54, 1.807) is 33.5 Å². The van der Waals surface area contributed by atoms with Crippen LogP contribution >= 0.6 is 0 Å². The summed E-state index contributed by atoms with van der Waals surface area (Å²) < 4.78 is 18.7. The molecule has 0 bridgehead atoms. The van der Waals surface area contributed by atoms with Crippen LogP contribution in [0.15, 0.2) is 73.1 Å². The summed E-state index contributed by atoms with van der Waals surface area (Å²) in [5, 5.41) is 15.1. The lowest BCUT2D eigenvalue weighted by molar-refractivity contribution is -0.509. The Balaban J connectivity index is 0.00000274. The van der Waals surface area contributed by atoms with Gasteiger partial charge in [0, 0.05) is 29.8 Å². The third kappa shape index (κ3) is 3.80. The van der Waals surface area contributed by atoms with Crippen LogP contribution in [0.25, 0.3) is 38.2 Å². The molecule has 0 N–H and O–H groups in total. The molecular weight excluding hydrogens is 456 g/mol. The van der Waals surface area contributed by atoms with E-state index in [4.69, 9.17) is 14.2 Å². The summed E-state index contributed by atoms with van der Waals surface area (Å²) in [6.45, 7) is 0. The van der Waals surface area contributed by atoms with Crippen molar-refractivity contribution in [3.8, 4) is 28.4 Å². The fourth-order valence-electron chi connectivity index (χ4n) is 4.20. The van der Waals surface area contributed by atoms with Crippen molar-refractivity contribution in [2.45, 2.75) is 0 Å². The predicted molar refractivity (Wildman–Crippen MR) is 126 cm³/mol. The summed E-state index contributed by atoms with van der Waals surface area (Å²) in [6.07, 6.45) is 4.07. The van der Waals surface area contributed by atoms with Crippen molar-refractivity contribution in [2.24, 2.45) is 0 Å². The summed E-state index contributed by atoms with van der Waals surface area (Å²) in [5.74, 6) is 2.05. The Morgan fingerprint density at radius 3 is 2.00 bits per heavy atom. The van der Waals surface area contributed by atoms with Gasteiger partial charge in [0.25, 0.3) is 5.69 Å². The number of rotatable bonds is 5. The van der Waals surface area contributed by atoms with Crippen LogP contribution in [-0.4, -0.2) is 26.3 Å². The molecule has 0 saturated carbocycles. The van der Waals surface area contributed by atoms with Crippen LogP contribution in [0.3, 0.4) is 0 Å². The zero-order chi connectivity index (χ0) is 23.1. The van der Waals surface area contributed by atoms with E-state index in [9.17, 15) is 10.1 Å². The van der Waals surface area contributed by atoms with Gasteiger partial charge in [-0.25, -0.2) is 0 Å². The first kappa shape index (κ1) is 23.1. The quantitative estimate of drug-likeness (QED) is 0.128. The van der Waals surface area contributed by atoms with Crippen LogP contribution in [0.5, 0.6) is 17.2 Å². The number of nitro groups is 1. The minimum atomic E-state index is -0.403. The lowest BCUT2D eigenvalue weighted by Gasteiger charge is -2.11. The molecule has 0 unspecified atom stereocenters. The molecule has 172 valence electrons. The average Bonchev–Trinajstić information content (AvgIpc) is 2.85. The number of hydrogen-bond acceptors (Lipinski definition) is 5. The largest absolute Gasteiger partial charge is 1.00 e. The Morgan fingerprint density at radius 1 is 0.765 bits per heavy atom. The molecule has 34 heavy (non-hydrogen) atoms. The number of non-ortho nitro benzene ring substituents is 1. The number of methoxy groups -OCH3 is 3. The van der Waals surface area contributed by atoms with Gasteiger partial charge in [-0.3, -0.25) is 10.1 Å². The normalized spacial score (nSPS) is 10.8. The molecule has 2 aromatic heterocycles. The first-order valence-corrected chi connectivity index (χ1v) is 10.3. The molecule has 0 atom stereocenters. The van der Waals surface area contributed by atoms with E-state index in [1.165, 1.54) is 12.1 Å². The van der Waals surface area contributed by atoms with Crippen LogP contribution in [0.1, 0.15) is 0 Å². The van der Waals surface area contributed by atoms with Crippen LogP contribution in [0.4, 0.5) is 5.69 Å². The molecule has 0 saturated heterocycles. The SMILES string of the molecule is COc1cc2cc3c4cc(-c5ccc([N+](=O)[O-])cc5)c(OC)cc4cc[n+]3cc2cc1OC.[Cl-]. The molecule has 8 heteroatoms. The number of nitrogens with zero attached hydrogens (tertiary/aromatic N) is 2. The summed E-state index contributed by atoms with van der Waals surface area (Å²) in [7, 11) is 4.87. The second-order valence-corrected chi connectivity index (χ2v) is 7.66. The molecule has 5 aromatic rings. The minimum absolute atomic E-state index is 0. The maximum atomic E-state index is 11.0. The second-order valence-electron chi connectivity index (χ2n) is 7.66. The molecule has 0 radical (unpaired) electrons. The van der Waals surface area contributed by atoms with Crippen LogP contribution in [-0.2, 0) is 0 Å². The Bertz CT molecular complexity index is 1550. The number of hydrogen-bond donors (Lipinski definition) is 0. The number of benzene rings is 3. The zero-order valence-electron chi connectivity index (χ0n) is 18.7. The van der Waals surface area contributed by atoms with Crippen molar-refractivity contribution < 1.29 is 35.9 Å². The molecule has 7 nitrogen and oxygen atoms in total. The van der Waals surface area contributed by atoms with E-state index in [0.29, 0.717) is 17.2 Å². The summed E-state index contributed by atoms with van der Waals surface area (Å²) >= 11 is 0. The number of halogens is 1. The monoisotopic (exact) mass is 476 g/mol. The maximum Gasteiger partial charge on any atom is 0.269 e. The van der Waals surface area contributed by atoms with E-state index in [0.717, 1.165) is 38.2 Å². The van der Waals surface area contributed by atoms with Crippen molar-refractivity contribution in [1.82, 2.24) is 0 Å². The fourth-order valence-corrected chi connectivity index (χ4v) is 4.20. The van der Waals surface area contributed by atoms with Crippen molar-refractivity contribution in [3.63, 3.8) is 0 Å². The first-order valence-electron chi connectivity index (χ1n) is 10.3. The predicted octanol–water partition coefficient (Wildman–Crippen LogP) is 2.34. The van der Waals surface area contributed by atoms with Crippen LogP contribution < -0.4 is 31.0 Å². The van der Waals surface area contributed by atoms with Crippen molar-refractivity contribution in [2.75, 3.05) is 21.3 Å². The molecule has 0 aliphatic rings. The fraction of sp³-hybridized carbons (Fsp3) is 0.115. The lowest BCUT2D eigenvalue weighted by Crippen LogP contribution is -3.00. The van der Waals surface area contributed by atoms with E-state index in [1.807, 2.05) is 30.5 Å². The molecular formula is C26H21ClN2O5. The molecule has 0 spiro atoms. The van der Waals surface area contributed by atoms with Gasteiger partial charge in [-0.15, -0.1) is 0 Å². The first-order chi connectivity index (χ1) is 16.0. The highest BCUT2D eigenvalue weighted by Crippen LogP contribution is 2.37. The molecule has 0 aliphatic heterocycles. The van der Waals surface area contributed by atoms with Gasteiger partial charge >= 0.3 is 0 Å². The van der Waals surface area contributed by atoms with Gasteiger partial charge < -0.3 is 26.6 Å². The standard InChI is InChI=1S/C26H21N2O5.ClH/c1-31-24-11-17-8-9-27-15-19-13-26(33-3)25(32-2)12-18(19)10-23(27)21(17)14-22(24)16-4-6-20(7-5-16)28(29)30;/h4-15H,1-3H3;1H/q+1;/p-1. The average molecular weight is 477 g/mol. The van der Waals surface area contributed by atoms with Crippen molar-refractivity contribution >= 4 is 32.7 Å². The minimum Gasteiger partial charge on any atom is -1.00 e. The number of aromatic nitrogens is 1. The molecule has 0 amide bonds.